The van der Waals surface area contributed by atoms with Crippen LogP contribution < -0.4 is 10.9 Å². The SMILES string of the molecule is COC[C@H](C)NC(=O)Cn1cnc2cc(-c3ccc(Br)cc3)sc2c1=O. The van der Waals surface area contributed by atoms with Crippen LogP contribution >= 0.6 is 27.3 Å². The predicted octanol–water partition coefficient (Wildman–Crippen LogP) is 3.04. The number of nitrogens with zero attached hydrogens (tertiary/aromatic N) is 2. The van der Waals surface area contributed by atoms with Crippen molar-refractivity contribution < 1.29 is 9.53 Å². The molecule has 0 unspecified atom stereocenters. The molecule has 2 heterocycles. The van der Waals surface area contributed by atoms with Crippen LogP contribution in [0.2, 0.25) is 0 Å². The van der Waals surface area contributed by atoms with E-state index in [1.54, 1.807) is 7.11 Å². The number of hydrogen-bond acceptors (Lipinski definition) is 5. The van der Waals surface area contributed by atoms with E-state index in [0.29, 0.717) is 16.8 Å². The van der Waals surface area contributed by atoms with Gasteiger partial charge in [-0.2, -0.15) is 0 Å². The molecule has 1 N–H and O–H groups in total. The lowest BCUT2D eigenvalue weighted by Gasteiger charge is -2.13. The summed E-state index contributed by atoms with van der Waals surface area (Å²) >= 11 is 4.80. The third-order valence-electron chi connectivity index (χ3n) is 3.77. The van der Waals surface area contributed by atoms with Crippen molar-refractivity contribution in [3.8, 4) is 10.4 Å². The maximum Gasteiger partial charge on any atom is 0.271 e. The highest BCUT2D eigenvalue weighted by molar-refractivity contribution is 9.10. The molecule has 0 radical (unpaired) electrons. The highest BCUT2D eigenvalue weighted by Gasteiger charge is 2.13. The average molecular weight is 436 g/mol. The molecule has 6 nitrogen and oxygen atoms in total. The first-order valence-corrected chi connectivity index (χ1v) is 9.62. The Morgan fingerprint density at radius 2 is 2.12 bits per heavy atom. The molecule has 1 amide bonds. The number of carbonyl (C=O) groups excluding carboxylic acids is 1. The monoisotopic (exact) mass is 435 g/mol. The lowest BCUT2D eigenvalue weighted by molar-refractivity contribution is -0.122. The van der Waals surface area contributed by atoms with Gasteiger partial charge < -0.3 is 10.1 Å². The van der Waals surface area contributed by atoms with Crippen LogP contribution in [-0.2, 0) is 16.1 Å². The van der Waals surface area contributed by atoms with E-state index >= 15 is 0 Å². The Bertz CT molecular complexity index is 982. The molecule has 2 aromatic heterocycles. The summed E-state index contributed by atoms with van der Waals surface area (Å²) in [7, 11) is 1.57. The van der Waals surface area contributed by atoms with E-state index in [9.17, 15) is 9.59 Å². The Balaban J connectivity index is 1.85. The standard InChI is InChI=1S/C18H18BrN3O3S/c1-11(9-25-2)21-16(23)8-22-10-20-14-7-15(26-17(14)18(22)24)12-3-5-13(19)6-4-12/h3-7,10-11H,8-9H2,1-2H3,(H,21,23)/t11-/m0/s1. The number of rotatable bonds is 6. The van der Waals surface area contributed by atoms with Crippen molar-refractivity contribution in [2.45, 2.75) is 19.5 Å². The van der Waals surface area contributed by atoms with Gasteiger partial charge in [-0.1, -0.05) is 28.1 Å². The molecule has 26 heavy (non-hydrogen) atoms. The van der Waals surface area contributed by atoms with Gasteiger partial charge in [0.25, 0.3) is 5.56 Å². The number of halogens is 1. The number of hydrogen-bond donors (Lipinski definition) is 1. The summed E-state index contributed by atoms with van der Waals surface area (Å²) in [6.07, 6.45) is 1.42. The van der Waals surface area contributed by atoms with E-state index in [-0.39, 0.29) is 24.1 Å². The number of amides is 1. The van der Waals surface area contributed by atoms with Gasteiger partial charge in [0.05, 0.1) is 18.5 Å². The van der Waals surface area contributed by atoms with E-state index in [4.69, 9.17) is 4.74 Å². The molecule has 1 aromatic carbocycles. The van der Waals surface area contributed by atoms with Gasteiger partial charge >= 0.3 is 0 Å². The molecule has 3 rings (SSSR count). The number of nitrogens with one attached hydrogen (secondary N) is 1. The summed E-state index contributed by atoms with van der Waals surface area (Å²) in [6, 6.07) is 9.66. The van der Waals surface area contributed by atoms with Crippen molar-refractivity contribution in [2.24, 2.45) is 0 Å². The van der Waals surface area contributed by atoms with Gasteiger partial charge in [0.15, 0.2) is 0 Å². The molecule has 0 saturated carbocycles. The summed E-state index contributed by atoms with van der Waals surface area (Å²) in [5, 5.41) is 2.79. The van der Waals surface area contributed by atoms with E-state index < -0.39 is 0 Å². The molecular weight excluding hydrogens is 418 g/mol. The van der Waals surface area contributed by atoms with Gasteiger partial charge in [-0.3, -0.25) is 14.2 Å². The van der Waals surface area contributed by atoms with Gasteiger partial charge in [-0.25, -0.2) is 4.98 Å². The summed E-state index contributed by atoms with van der Waals surface area (Å²) in [6.45, 7) is 2.19. The van der Waals surface area contributed by atoms with E-state index in [2.05, 4.69) is 26.2 Å². The third-order valence-corrected chi connectivity index (χ3v) is 5.46. The van der Waals surface area contributed by atoms with Gasteiger partial charge in [-0.15, -0.1) is 11.3 Å². The Hall–Kier alpha value is -2.03. The van der Waals surface area contributed by atoms with Crippen molar-refractivity contribution in [1.29, 1.82) is 0 Å². The Morgan fingerprint density at radius 1 is 1.38 bits per heavy atom. The molecule has 0 aliphatic carbocycles. The smallest absolute Gasteiger partial charge is 0.271 e. The van der Waals surface area contributed by atoms with E-state index in [1.807, 2.05) is 37.3 Å². The molecule has 0 aliphatic heterocycles. The summed E-state index contributed by atoms with van der Waals surface area (Å²) < 4.78 is 7.87. The van der Waals surface area contributed by atoms with Crippen LogP contribution in [0.4, 0.5) is 0 Å². The fraction of sp³-hybridized carbons (Fsp3) is 0.278. The topological polar surface area (TPSA) is 73.2 Å². The number of carbonyl (C=O) groups is 1. The third kappa shape index (κ3) is 4.20. The highest BCUT2D eigenvalue weighted by atomic mass is 79.9. The summed E-state index contributed by atoms with van der Waals surface area (Å²) in [5.41, 5.74) is 1.45. The van der Waals surface area contributed by atoms with Gasteiger partial charge in [0.1, 0.15) is 11.2 Å². The van der Waals surface area contributed by atoms with Crippen LogP contribution in [-0.4, -0.2) is 35.2 Å². The number of fused-ring (bicyclic) bond motifs is 1. The summed E-state index contributed by atoms with van der Waals surface area (Å²) in [5.74, 6) is -0.248. The minimum atomic E-state index is -0.248. The first-order chi connectivity index (χ1) is 12.5. The number of aromatic nitrogens is 2. The zero-order chi connectivity index (χ0) is 18.7. The fourth-order valence-electron chi connectivity index (χ4n) is 2.58. The quantitative estimate of drug-likeness (QED) is 0.645. The van der Waals surface area contributed by atoms with Crippen LogP contribution in [0.3, 0.4) is 0 Å². The van der Waals surface area contributed by atoms with Crippen LogP contribution in [0.5, 0.6) is 0 Å². The Morgan fingerprint density at radius 3 is 2.81 bits per heavy atom. The van der Waals surface area contributed by atoms with Crippen LogP contribution in [0.15, 0.2) is 45.9 Å². The molecule has 0 saturated heterocycles. The molecule has 0 fully saturated rings. The minimum absolute atomic E-state index is 0.0681. The zero-order valence-electron chi connectivity index (χ0n) is 14.4. The number of benzene rings is 1. The summed E-state index contributed by atoms with van der Waals surface area (Å²) in [4.78, 5) is 30.1. The molecule has 0 aliphatic rings. The second kappa shape index (κ2) is 8.11. The molecule has 1 atom stereocenters. The number of methoxy groups -OCH3 is 1. The number of thiophene rings is 1. The van der Waals surface area contributed by atoms with Crippen molar-refractivity contribution in [3.05, 3.63) is 51.5 Å². The molecule has 0 spiro atoms. The zero-order valence-corrected chi connectivity index (χ0v) is 16.8. The van der Waals surface area contributed by atoms with Gasteiger partial charge in [-0.05, 0) is 30.7 Å². The van der Waals surface area contributed by atoms with Crippen LogP contribution in [0.25, 0.3) is 20.7 Å². The highest BCUT2D eigenvalue weighted by Crippen LogP contribution is 2.31. The van der Waals surface area contributed by atoms with Crippen molar-refractivity contribution >= 4 is 43.4 Å². The van der Waals surface area contributed by atoms with E-state index in [1.165, 1.54) is 22.2 Å². The van der Waals surface area contributed by atoms with Crippen LogP contribution in [0.1, 0.15) is 6.92 Å². The second-order valence-corrected chi connectivity index (χ2v) is 7.90. The Labute approximate surface area is 163 Å². The first kappa shape index (κ1) is 18.8. The molecular formula is C18H18BrN3O3S. The lowest BCUT2D eigenvalue weighted by atomic mass is 10.2. The number of ether oxygens (including phenoxy) is 1. The predicted molar refractivity (Wildman–Crippen MR) is 106 cm³/mol. The van der Waals surface area contributed by atoms with Gasteiger partial charge in [0, 0.05) is 22.5 Å². The maximum absolute atomic E-state index is 12.7. The van der Waals surface area contributed by atoms with Gasteiger partial charge in [0.2, 0.25) is 5.91 Å². The van der Waals surface area contributed by atoms with E-state index in [0.717, 1.165) is 14.9 Å². The fourth-order valence-corrected chi connectivity index (χ4v) is 3.91. The largest absolute Gasteiger partial charge is 0.383 e. The van der Waals surface area contributed by atoms with Crippen molar-refractivity contribution in [2.75, 3.05) is 13.7 Å². The molecule has 0 bridgehead atoms. The molecule has 136 valence electrons. The van der Waals surface area contributed by atoms with Crippen molar-refractivity contribution in [1.82, 2.24) is 14.9 Å². The lowest BCUT2D eigenvalue weighted by Crippen LogP contribution is -2.39. The van der Waals surface area contributed by atoms with Crippen molar-refractivity contribution in [3.63, 3.8) is 0 Å². The second-order valence-electron chi connectivity index (χ2n) is 5.93. The average Bonchev–Trinajstić information content (AvgIpc) is 3.03. The van der Waals surface area contributed by atoms with Crippen LogP contribution in [0, 0.1) is 0 Å². The maximum atomic E-state index is 12.7. The Kier molecular flexibility index (Phi) is 5.85. The normalized spacial score (nSPS) is 12.3. The molecule has 8 heteroatoms. The minimum Gasteiger partial charge on any atom is -0.383 e. The molecule has 3 aromatic rings. The first-order valence-electron chi connectivity index (χ1n) is 8.01.